The first kappa shape index (κ1) is 16.9. The third-order valence-electron chi connectivity index (χ3n) is 3.31. The zero-order valence-electron chi connectivity index (χ0n) is 12.7. The van der Waals surface area contributed by atoms with E-state index in [9.17, 15) is 4.79 Å². The molecule has 0 bridgehead atoms. The number of nitrogens with one attached hydrogen (secondary N) is 1. The molecule has 1 aliphatic heterocycles. The fourth-order valence-corrected chi connectivity index (χ4v) is 2.77. The number of benzene rings is 2. The average molecular weight is 413 g/mol. The molecule has 2 aromatic carbocycles. The quantitative estimate of drug-likeness (QED) is 0.814. The zero-order valence-corrected chi connectivity index (χ0v) is 15.0. The smallest absolute Gasteiger partial charge is 0.262 e. The number of ether oxygens (including phenoxy) is 3. The van der Waals surface area contributed by atoms with E-state index in [1.807, 2.05) is 18.2 Å². The lowest BCUT2D eigenvalue weighted by Crippen LogP contribution is -2.20. The average Bonchev–Trinajstić information content (AvgIpc) is 2.79. The molecule has 2 aromatic rings. The highest BCUT2D eigenvalue weighted by atomic mass is 79.9. The van der Waals surface area contributed by atoms with E-state index < -0.39 is 0 Å². The molecular formula is C17H15BrClNO4. The van der Waals surface area contributed by atoms with E-state index in [1.165, 1.54) is 0 Å². The van der Waals surface area contributed by atoms with Crippen molar-refractivity contribution in [3.8, 4) is 17.2 Å². The molecule has 0 radical (unpaired) electrons. The van der Waals surface area contributed by atoms with Crippen molar-refractivity contribution in [2.45, 2.75) is 6.42 Å². The number of carbonyl (C=O) groups excluding carboxylic acids is 1. The van der Waals surface area contributed by atoms with E-state index in [2.05, 4.69) is 21.2 Å². The van der Waals surface area contributed by atoms with Crippen molar-refractivity contribution in [2.24, 2.45) is 0 Å². The minimum Gasteiger partial charge on any atom is -0.490 e. The van der Waals surface area contributed by atoms with E-state index in [-0.39, 0.29) is 12.5 Å². The fourth-order valence-electron chi connectivity index (χ4n) is 2.17. The van der Waals surface area contributed by atoms with Gasteiger partial charge in [-0.3, -0.25) is 4.79 Å². The second kappa shape index (κ2) is 7.77. The molecule has 0 spiro atoms. The van der Waals surface area contributed by atoms with Crippen LogP contribution in [-0.4, -0.2) is 25.7 Å². The molecule has 5 nitrogen and oxygen atoms in total. The van der Waals surface area contributed by atoms with Crippen LogP contribution >= 0.6 is 27.5 Å². The Labute approximate surface area is 153 Å². The van der Waals surface area contributed by atoms with Crippen molar-refractivity contribution in [2.75, 3.05) is 25.1 Å². The van der Waals surface area contributed by atoms with Gasteiger partial charge in [0.25, 0.3) is 5.91 Å². The summed E-state index contributed by atoms with van der Waals surface area (Å²) in [7, 11) is 0. The van der Waals surface area contributed by atoms with Crippen molar-refractivity contribution in [3.05, 3.63) is 45.9 Å². The highest BCUT2D eigenvalue weighted by Crippen LogP contribution is 2.37. The maximum absolute atomic E-state index is 12.1. The van der Waals surface area contributed by atoms with Gasteiger partial charge in [0, 0.05) is 18.6 Å². The van der Waals surface area contributed by atoms with E-state index in [0.717, 1.165) is 10.9 Å². The number of halogens is 2. The van der Waals surface area contributed by atoms with Gasteiger partial charge in [0.05, 0.1) is 28.4 Å². The van der Waals surface area contributed by atoms with Crippen LogP contribution in [0.15, 0.2) is 40.9 Å². The highest BCUT2D eigenvalue weighted by Gasteiger charge is 2.16. The first-order valence-electron chi connectivity index (χ1n) is 7.40. The molecule has 0 saturated heterocycles. The van der Waals surface area contributed by atoms with Crippen LogP contribution in [0.3, 0.4) is 0 Å². The van der Waals surface area contributed by atoms with Gasteiger partial charge in [-0.25, -0.2) is 0 Å². The van der Waals surface area contributed by atoms with Gasteiger partial charge in [-0.2, -0.15) is 0 Å². The highest BCUT2D eigenvalue weighted by molar-refractivity contribution is 9.10. The van der Waals surface area contributed by atoms with Gasteiger partial charge in [0.15, 0.2) is 18.1 Å². The maximum atomic E-state index is 12.1. The predicted octanol–water partition coefficient (Wildman–Crippen LogP) is 4.28. The molecule has 24 heavy (non-hydrogen) atoms. The normalized spacial score (nSPS) is 13.1. The van der Waals surface area contributed by atoms with Crippen LogP contribution < -0.4 is 19.5 Å². The van der Waals surface area contributed by atoms with Crippen LogP contribution in [0.5, 0.6) is 17.2 Å². The van der Waals surface area contributed by atoms with E-state index in [4.69, 9.17) is 25.8 Å². The number of rotatable bonds is 4. The number of hydrogen-bond acceptors (Lipinski definition) is 4. The third-order valence-corrected chi connectivity index (χ3v) is 4.27. The monoisotopic (exact) mass is 411 g/mol. The molecule has 7 heteroatoms. The summed E-state index contributed by atoms with van der Waals surface area (Å²) in [6.07, 6.45) is 0.799. The lowest BCUT2D eigenvalue weighted by atomic mass is 10.2. The molecular weight excluding hydrogens is 398 g/mol. The lowest BCUT2D eigenvalue weighted by molar-refractivity contribution is -0.118. The summed E-state index contributed by atoms with van der Waals surface area (Å²) in [6, 6.07) is 10.6. The molecule has 1 N–H and O–H groups in total. The van der Waals surface area contributed by atoms with Gasteiger partial charge in [-0.1, -0.05) is 23.7 Å². The molecule has 1 aliphatic rings. The summed E-state index contributed by atoms with van der Waals surface area (Å²) in [5.74, 6) is 1.43. The molecule has 0 aromatic heterocycles. The topological polar surface area (TPSA) is 56.8 Å². The lowest BCUT2D eigenvalue weighted by Gasteiger charge is -2.13. The second-order valence-electron chi connectivity index (χ2n) is 5.10. The maximum Gasteiger partial charge on any atom is 0.262 e. The number of para-hydroxylation sites is 1. The van der Waals surface area contributed by atoms with Gasteiger partial charge in [0.1, 0.15) is 5.75 Å². The van der Waals surface area contributed by atoms with Gasteiger partial charge < -0.3 is 19.5 Å². The fraction of sp³-hybridized carbons (Fsp3) is 0.235. The number of carbonyl (C=O) groups is 1. The molecule has 3 rings (SSSR count). The predicted molar refractivity (Wildman–Crippen MR) is 95.3 cm³/mol. The molecule has 0 unspecified atom stereocenters. The first-order valence-corrected chi connectivity index (χ1v) is 8.57. The number of hydrogen-bond donors (Lipinski definition) is 1. The second-order valence-corrected chi connectivity index (χ2v) is 6.36. The summed E-state index contributed by atoms with van der Waals surface area (Å²) in [6.45, 7) is 1.01. The summed E-state index contributed by atoms with van der Waals surface area (Å²) < 4.78 is 17.4. The zero-order chi connectivity index (χ0) is 16.9. The molecule has 0 saturated carbocycles. The molecule has 126 valence electrons. The van der Waals surface area contributed by atoms with Crippen molar-refractivity contribution in [3.63, 3.8) is 0 Å². The van der Waals surface area contributed by atoms with Crippen molar-refractivity contribution < 1.29 is 19.0 Å². The van der Waals surface area contributed by atoms with Crippen molar-refractivity contribution >= 4 is 39.1 Å². The summed E-state index contributed by atoms with van der Waals surface area (Å²) in [5.41, 5.74) is 0.460. The number of fused-ring (bicyclic) bond motifs is 1. The van der Waals surface area contributed by atoms with Crippen LogP contribution in [-0.2, 0) is 4.79 Å². The Morgan fingerprint density at radius 3 is 2.67 bits per heavy atom. The Kier molecular flexibility index (Phi) is 5.48. The van der Waals surface area contributed by atoms with Gasteiger partial charge in [-0.05, 0) is 28.1 Å². The largest absolute Gasteiger partial charge is 0.490 e. The molecule has 0 aliphatic carbocycles. The molecule has 1 heterocycles. The molecule has 0 atom stereocenters. The van der Waals surface area contributed by atoms with E-state index in [0.29, 0.717) is 41.2 Å². The summed E-state index contributed by atoms with van der Waals surface area (Å²) in [5, 5.41) is 3.11. The van der Waals surface area contributed by atoms with E-state index >= 15 is 0 Å². The number of anilines is 1. The standard InChI is InChI=1S/C17H15BrClNO4/c18-11-4-1-2-5-14(11)24-10-17(21)20-13-9-16-15(8-12(13)19)22-6-3-7-23-16/h1-2,4-5,8-9H,3,6-7,10H2,(H,20,21). The summed E-state index contributed by atoms with van der Waals surface area (Å²) in [4.78, 5) is 12.1. The van der Waals surface area contributed by atoms with Crippen LogP contribution in [0.25, 0.3) is 0 Å². The Morgan fingerprint density at radius 2 is 1.92 bits per heavy atom. The van der Waals surface area contributed by atoms with Gasteiger partial charge >= 0.3 is 0 Å². The number of amides is 1. The molecule has 0 fully saturated rings. The van der Waals surface area contributed by atoms with Crippen LogP contribution in [0.4, 0.5) is 5.69 Å². The Balaban J connectivity index is 1.66. The van der Waals surface area contributed by atoms with Gasteiger partial charge in [-0.15, -0.1) is 0 Å². The molecule has 1 amide bonds. The van der Waals surface area contributed by atoms with E-state index in [1.54, 1.807) is 18.2 Å². The Hall–Kier alpha value is -1.92. The van der Waals surface area contributed by atoms with Crippen LogP contribution in [0, 0.1) is 0 Å². The van der Waals surface area contributed by atoms with Crippen LogP contribution in [0.1, 0.15) is 6.42 Å². The van der Waals surface area contributed by atoms with Crippen LogP contribution in [0.2, 0.25) is 5.02 Å². The third kappa shape index (κ3) is 4.13. The van der Waals surface area contributed by atoms with Crippen molar-refractivity contribution in [1.29, 1.82) is 0 Å². The van der Waals surface area contributed by atoms with Gasteiger partial charge in [0.2, 0.25) is 0 Å². The first-order chi connectivity index (χ1) is 11.6. The van der Waals surface area contributed by atoms with Crippen molar-refractivity contribution in [1.82, 2.24) is 0 Å². The minimum absolute atomic E-state index is 0.132. The minimum atomic E-state index is -0.317. The Morgan fingerprint density at radius 1 is 1.21 bits per heavy atom. The Bertz CT molecular complexity index is 753. The summed E-state index contributed by atoms with van der Waals surface area (Å²) >= 11 is 9.57. The SMILES string of the molecule is O=C(COc1ccccc1Br)Nc1cc2c(cc1Cl)OCCCO2.